The van der Waals surface area contributed by atoms with Crippen LogP contribution in [0.1, 0.15) is 10.4 Å². The molecule has 9 nitrogen and oxygen atoms in total. The Bertz CT molecular complexity index is 1220. The van der Waals surface area contributed by atoms with Gasteiger partial charge in [0.25, 0.3) is 11.5 Å². The summed E-state index contributed by atoms with van der Waals surface area (Å²) in [5.74, 6) is 0.403. The van der Waals surface area contributed by atoms with Crippen LogP contribution >= 0.6 is 0 Å². The number of fused-ring (bicyclic) bond motifs is 1. The van der Waals surface area contributed by atoms with Gasteiger partial charge in [0.15, 0.2) is 5.65 Å². The van der Waals surface area contributed by atoms with Crippen molar-refractivity contribution in [1.29, 1.82) is 0 Å². The van der Waals surface area contributed by atoms with E-state index in [1.165, 1.54) is 26.7 Å². The Labute approximate surface area is 165 Å². The minimum Gasteiger partial charge on any atom is -0.497 e. The first kappa shape index (κ1) is 18.2. The fraction of sp³-hybridized carbons (Fsp3) is 0.100. The maximum absolute atomic E-state index is 12.8. The molecule has 0 aliphatic carbocycles. The second-order valence-electron chi connectivity index (χ2n) is 6.09. The highest BCUT2D eigenvalue weighted by Crippen LogP contribution is 2.22. The lowest BCUT2D eigenvalue weighted by Gasteiger charge is -2.10. The quantitative estimate of drug-likeness (QED) is 0.558. The lowest BCUT2D eigenvalue weighted by Crippen LogP contribution is -2.33. The van der Waals surface area contributed by atoms with Gasteiger partial charge in [-0.25, -0.2) is 14.3 Å². The first-order chi connectivity index (χ1) is 14.1. The number of aromatic nitrogens is 4. The van der Waals surface area contributed by atoms with E-state index in [1.54, 1.807) is 22.9 Å². The molecular weight excluding hydrogens is 374 g/mol. The number of amides is 1. The topological polar surface area (TPSA) is 100 Å². The summed E-state index contributed by atoms with van der Waals surface area (Å²) in [7, 11) is 2.98. The number of methoxy groups -OCH3 is 2. The van der Waals surface area contributed by atoms with Crippen LogP contribution in [0.15, 0.2) is 65.8 Å². The second kappa shape index (κ2) is 7.47. The summed E-state index contributed by atoms with van der Waals surface area (Å²) in [6.07, 6.45) is 2.68. The van der Waals surface area contributed by atoms with Gasteiger partial charge in [-0.3, -0.25) is 15.0 Å². The van der Waals surface area contributed by atoms with Crippen molar-refractivity contribution in [3.63, 3.8) is 0 Å². The third kappa shape index (κ3) is 3.41. The number of hydrogen-bond acceptors (Lipinski definition) is 6. The summed E-state index contributed by atoms with van der Waals surface area (Å²) in [6.45, 7) is 0. The first-order valence-corrected chi connectivity index (χ1v) is 8.66. The van der Waals surface area contributed by atoms with E-state index in [0.717, 1.165) is 10.4 Å². The number of carbonyl (C=O) groups is 1. The predicted molar refractivity (Wildman–Crippen MR) is 106 cm³/mol. The van der Waals surface area contributed by atoms with Gasteiger partial charge in [-0.2, -0.15) is 5.10 Å². The Kier molecular flexibility index (Phi) is 4.70. The lowest BCUT2D eigenvalue weighted by molar-refractivity contribution is 0.101. The Morgan fingerprint density at radius 2 is 1.72 bits per heavy atom. The third-order valence-electron chi connectivity index (χ3n) is 4.32. The Morgan fingerprint density at radius 3 is 2.38 bits per heavy atom. The molecule has 0 bridgehead atoms. The molecule has 9 heteroatoms. The van der Waals surface area contributed by atoms with Gasteiger partial charge in [0.2, 0.25) is 0 Å². The zero-order chi connectivity index (χ0) is 20.4. The van der Waals surface area contributed by atoms with Crippen LogP contribution < -0.4 is 20.5 Å². The largest absolute Gasteiger partial charge is 0.497 e. The van der Waals surface area contributed by atoms with Crippen LogP contribution in [0, 0.1) is 0 Å². The average molecular weight is 391 g/mol. The summed E-state index contributed by atoms with van der Waals surface area (Å²) in [4.78, 5) is 29.7. The van der Waals surface area contributed by atoms with Crippen LogP contribution in [0.5, 0.6) is 11.5 Å². The molecule has 1 amide bonds. The van der Waals surface area contributed by atoms with E-state index in [0.29, 0.717) is 17.1 Å². The maximum atomic E-state index is 12.8. The number of carbonyl (C=O) groups excluding carboxylic acids is 1. The van der Waals surface area contributed by atoms with Crippen LogP contribution in [0.3, 0.4) is 0 Å². The normalized spacial score (nSPS) is 10.7. The molecule has 0 atom stereocenters. The molecule has 29 heavy (non-hydrogen) atoms. The third-order valence-corrected chi connectivity index (χ3v) is 4.32. The molecule has 2 aromatic carbocycles. The van der Waals surface area contributed by atoms with Crippen molar-refractivity contribution in [1.82, 2.24) is 19.4 Å². The molecule has 0 fully saturated rings. The molecule has 0 saturated heterocycles. The molecule has 2 heterocycles. The Morgan fingerprint density at radius 1 is 1.03 bits per heavy atom. The molecule has 4 aromatic rings. The molecule has 0 aliphatic rings. The van der Waals surface area contributed by atoms with Crippen molar-refractivity contribution in [2.45, 2.75) is 0 Å². The molecule has 146 valence electrons. The highest BCUT2D eigenvalue weighted by atomic mass is 16.5. The average Bonchev–Trinajstić information content (AvgIpc) is 3.20. The molecule has 0 aliphatic heterocycles. The van der Waals surface area contributed by atoms with Crippen molar-refractivity contribution in [3.8, 4) is 17.2 Å². The van der Waals surface area contributed by atoms with Gasteiger partial charge in [-0.15, -0.1) is 0 Å². The van der Waals surface area contributed by atoms with Crippen LogP contribution in [-0.2, 0) is 0 Å². The van der Waals surface area contributed by atoms with Crippen molar-refractivity contribution in [2.24, 2.45) is 0 Å². The SMILES string of the molecule is COc1cc(OC)cc(C(=O)Nn2cnc3c(cnn3-c3ccccc3)c2=O)c1. The van der Waals surface area contributed by atoms with Crippen LogP contribution in [0.4, 0.5) is 0 Å². The highest BCUT2D eigenvalue weighted by molar-refractivity contribution is 6.00. The zero-order valence-corrected chi connectivity index (χ0v) is 15.7. The molecule has 0 spiro atoms. The van der Waals surface area contributed by atoms with Gasteiger partial charge in [0.1, 0.15) is 23.2 Å². The molecule has 0 radical (unpaired) electrons. The number of nitrogens with zero attached hydrogens (tertiary/aromatic N) is 4. The fourth-order valence-electron chi connectivity index (χ4n) is 2.86. The summed E-state index contributed by atoms with van der Waals surface area (Å²) < 4.78 is 12.9. The molecular formula is C20H17N5O4. The molecule has 0 saturated carbocycles. The van der Waals surface area contributed by atoms with E-state index in [-0.39, 0.29) is 10.9 Å². The molecule has 1 N–H and O–H groups in total. The number of para-hydroxylation sites is 1. The van der Waals surface area contributed by atoms with Gasteiger partial charge in [-0.1, -0.05) is 18.2 Å². The summed E-state index contributed by atoms with van der Waals surface area (Å²) in [6, 6.07) is 14.1. The number of ether oxygens (including phenoxy) is 2. The number of rotatable bonds is 5. The second-order valence-corrected chi connectivity index (χ2v) is 6.09. The van der Waals surface area contributed by atoms with E-state index in [2.05, 4.69) is 15.5 Å². The van der Waals surface area contributed by atoms with Gasteiger partial charge >= 0.3 is 0 Å². The van der Waals surface area contributed by atoms with Crippen molar-refractivity contribution in [2.75, 3.05) is 19.6 Å². The summed E-state index contributed by atoms with van der Waals surface area (Å²) >= 11 is 0. The monoisotopic (exact) mass is 391 g/mol. The van der Waals surface area contributed by atoms with Gasteiger partial charge in [0, 0.05) is 11.6 Å². The van der Waals surface area contributed by atoms with Crippen LogP contribution in [0.2, 0.25) is 0 Å². The molecule has 4 rings (SSSR count). The minimum atomic E-state index is -0.513. The number of benzene rings is 2. The van der Waals surface area contributed by atoms with E-state index in [1.807, 2.05) is 30.3 Å². The van der Waals surface area contributed by atoms with Crippen LogP contribution in [-0.4, -0.2) is 39.6 Å². The number of hydrogen-bond donors (Lipinski definition) is 1. The van der Waals surface area contributed by atoms with E-state index >= 15 is 0 Å². The van der Waals surface area contributed by atoms with Crippen molar-refractivity contribution in [3.05, 3.63) is 77.0 Å². The summed E-state index contributed by atoms with van der Waals surface area (Å²) in [5.41, 5.74) is 3.53. The number of nitrogens with one attached hydrogen (secondary N) is 1. The van der Waals surface area contributed by atoms with Gasteiger partial charge < -0.3 is 9.47 Å². The lowest BCUT2D eigenvalue weighted by atomic mass is 10.2. The van der Waals surface area contributed by atoms with Crippen LogP contribution in [0.25, 0.3) is 16.7 Å². The minimum absolute atomic E-state index is 0.271. The predicted octanol–water partition coefficient (Wildman–Crippen LogP) is 1.98. The Hall–Kier alpha value is -4.14. The first-order valence-electron chi connectivity index (χ1n) is 8.66. The molecule has 0 unspecified atom stereocenters. The van der Waals surface area contributed by atoms with E-state index in [9.17, 15) is 9.59 Å². The summed E-state index contributed by atoms with van der Waals surface area (Å²) in [5, 5.41) is 4.52. The Balaban J connectivity index is 1.68. The van der Waals surface area contributed by atoms with E-state index in [4.69, 9.17) is 9.47 Å². The smallest absolute Gasteiger partial charge is 0.283 e. The zero-order valence-electron chi connectivity index (χ0n) is 15.7. The van der Waals surface area contributed by atoms with Crippen molar-refractivity contribution >= 4 is 16.9 Å². The van der Waals surface area contributed by atoms with Gasteiger partial charge in [0.05, 0.1) is 26.1 Å². The maximum Gasteiger partial charge on any atom is 0.283 e. The fourth-order valence-corrected chi connectivity index (χ4v) is 2.86. The standard InChI is InChI=1S/C20H17N5O4/c1-28-15-8-13(9-16(10-15)29-2)19(26)23-24-12-21-18-17(20(24)27)11-22-25(18)14-6-4-3-5-7-14/h3-12H,1-2H3,(H,23,26). The van der Waals surface area contributed by atoms with Crippen molar-refractivity contribution < 1.29 is 14.3 Å². The van der Waals surface area contributed by atoms with Gasteiger partial charge in [-0.05, 0) is 24.3 Å². The van der Waals surface area contributed by atoms with E-state index < -0.39 is 11.5 Å². The molecule has 2 aromatic heterocycles. The highest BCUT2D eigenvalue weighted by Gasteiger charge is 2.15.